The molecule has 3 rings (SSSR count). The number of amides is 1. The van der Waals surface area contributed by atoms with E-state index in [9.17, 15) is 26.4 Å². The molecule has 3 aromatic rings. The SMILES string of the molecule is C=CCN(C(=O)OS(=O)(=O)NCCc1ccccc1)c1c(OCCOC)cccc1Oc1ncc(C(F)(F)F)cc1Cl. The Hall–Kier alpha value is -3.85. The zero-order valence-corrected chi connectivity index (χ0v) is 23.8. The number of carbonyl (C=O) groups is 1. The van der Waals surface area contributed by atoms with Crippen LogP contribution < -0.4 is 19.1 Å². The summed E-state index contributed by atoms with van der Waals surface area (Å²) in [5.41, 5.74) is -0.367. The monoisotopic (exact) mass is 629 g/mol. The molecule has 0 saturated carbocycles. The molecular weight excluding hydrogens is 603 g/mol. The lowest BCUT2D eigenvalue weighted by Crippen LogP contribution is -2.38. The van der Waals surface area contributed by atoms with Crippen molar-refractivity contribution in [3.05, 3.63) is 89.6 Å². The summed E-state index contributed by atoms with van der Waals surface area (Å²) in [6.07, 6.45) is -3.89. The molecule has 0 bridgehead atoms. The molecule has 0 aliphatic rings. The van der Waals surface area contributed by atoms with Gasteiger partial charge in [0.05, 0.1) is 12.2 Å². The zero-order valence-electron chi connectivity index (χ0n) is 22.3. The van der Waals surface area contributed by atoms with Crippen LogP contribution in [0.3, 0.4) is 0 Å². The Morgan fingerprint density at radius 1 is 1.12 bits per heavy atom. The third-order valence-corrected chi connectivity index (χ3v) is 6.56. The standard InChI is InChI=1S/C27H27ClF3N3O7S/c1-3-14-34(26(35)41-42(36,37)33-13-12-19-8-5-4-6-9-19)24-22(39-16-15-38-2)10-7-11-23(24)40-25-21(28)17-20(18-32-25)27(29,30)31/h3-11,17-18,33H,1,12-16H2,2H3. The Kier molecular flexibility index (Phi) is 11.6. The van der Waals surface area contributed by atoms with Crippen LogP contribution in [-0.4, -0.2) is 52.9 Å². The van der Waals surface area contributed by atoms with E-state index in [0.717, 1.165) is 10.5 Å². The van der Waals surface area contributed by atoms with Gasteiger partial charge in [-0.05, 0) is 30.2 Å². The maximum Gasteiger partial charge on any atom is 0.431 e. The van der Waals surface area contributed by atoms with Crippen molar-refractivity contribution in [2.75, 3.05) is 38.3 Å². The topological polar surface area (TPSA) is 116 Å². The van der Waals surface area contributed by atoms with Gasteiger partial charge in [0.2, 0.25) is 5.88 Å². The predicted molar refractivity (Wildman–Crippen MR) is 149 cm³/mol. The normalized spacial score (nSPS) is 11.5. The summed E-state index contributed by atoms with van der Waals surface area (Å²) in [7, 11) is -3.13. The number of benzene rings is 2. The Labute approximate surface area is 245 Å². The van der Waals surface area contributed by atoms with Crippen molar-refractivity contribution in [3.8, 4) is 17.4 Å². The van der Waals surface area contributed by atoms with Gasteiger partial charge in [-0.1, -0.05) is 54.1 Å². The molecule has 0 aliphatic heterocycles. The van der Waals surface area contributed by atoms with E-state index in [1.165, 1.54) is 31.4 Å². The minimum atomic E-state index is -4.69. The van der Waals surface area contributed by atoms with Crippen molar-refractivity contribution in [2.45, 2.75) is 12.6 Å². The number of carbonyl (C=O) groups excluding carboxylic acids is 1. The average molecular weight is 630 g/mol. The Bertz CT molecular complexity index is 1480. The van der Waals surface area contributed by atoms with Gasteiger partial charge in [-0.2, -0.15) is 26.3 Å². The van der Waals surface area contributed by atoms with Gasteiger partial charge in [0.15, 0.2) is 5.75 Å². The first-order valence-electron chi connectivity index (χ1n) is 12.3. The molecule has 42 heavy (non-hydrogen) atoms. The average Bonchev–Trinajstić information content (AvgIpc) is 2.93. The Morgan fingerprint density at radius 2 is 1.83 bits per heavy atom. The van der Waals surface area contributed by atoms with Gasteiger partial charge in [-0.15, -0.1) is 6.58 Å². The Balaban J connectivity index is 1.92. The number of ether oxygens (including phenoxy) is 3. The number of methoxy groups -OCH3 is 1. The van der Waals surface area contributed by atoms with Gasteiger partial charge >= 0.3 is 22.6 Å². The van der Waals surface area contributed by atoms with Crippen LogP contribution in [0.2, 0.25) is 5.02 Å². The van der Waals surface area contributed by atoms with Gasteiger partial charge < -0.3 is 18.4 Å². The van der Waals surface area contributed by atoms with Crippen LogP contribution in [0.25, 0.3) is 0 Å². The molecule has 10 nitrogen and oxygen atoms in total. The van der Waals surface area contributed by atoms with Gasteiger partial charge in [0.25, 0.3) is 0 Å². The fraction of sp³-hybridized carbons (Fsp3) is 0.259. The van der Waals surface area contributed by atoms with E-state index >= 15 is 0 Å². The third-order valence-electron chi connectivity index (χ3n) is 5.37. The van der Waals surface area contributed by atoms with E-state index < -0.39 is 39.0 Å². The minimum absolute atomic E-state index is 0.0164. The number of pyridine rings is 1. The molecule has 0 saturated heterocycles. The van der Waals surface area contributed by atoms with E-state index in [4.69, 9.17) is 30.0 Å². The molecule has 1 heterocycles. The number of hydrogen-bond donors (Lipinski definition) is 1. The first-order chi connectivity index (χ1) is 19.9. The third kappa shape index (κ3) is 9.34. The van der Waals surface area contributed by atoms with Gasteiger partial charge in [0.1, 0.15) is 23.1 Å². The number of nitrogens with zero attached hydrogens (tertiary/aromatic N) is 2. The van der Waals surface area contributed by atoms with Gasteiger partial charge in [-0.25, -0.2) is 9.78 Å². The molecule has 1 N–H and O–H groups in total. The second-order valence-electron chi connectivity index (χ2n) is 8.39. The van der Waals surface area contributed by atoms with Crippen molar-refractivity contribution in [3.63, 3.8) is 0 Å². The molecule has 0 radical (unpaired) electrons. The highest BCUT2D eigenvalue weighted by molar-refractivity contribution is 7.85. The van der Waals surface area contributed by atoms with Crippen LogP contribution in [0.4, 0.5) is 23.7 Å². The van der Waals surface area contributed by atoms with E-state index in [1.807, 2.05) is 18.2 Å². The summed E-state index contributed by atoms with van der Waals surface area (Å²) in [5.74, 6) is -0.546. The van der Waals surface area contributed by atoms with E-state index in [1.54, 1.807) is 12.1 Å². The fourth-order valence-corrected chi connectivity index (χ4v) is 4.37. The summed E-state index contributed by atoms with van der Waals surface area (Å²) >= 11 is 6.02. The highest BCUT2D eigenvalue weighted by Crippen LogP contribution is 2.42. The number of anilines is 1. The molecular formula is C27H27ClF3N3O7S. The number of rotatable bonds is 14. The molecule has 1 amide bonds. The molecule has 15 heteroatoms. The number of halogens is 4. The molecule has 0 fully saturated rings. The molecule has 0 unspecified atom stereocenters. The number of para-hydroxylation sites is 1. The summed E-state index contributed by atoms with van der Waals surface area (Å²) in [6, 6.07) is 14.0. The number of nitrogens with one attached hydrogen (secondary N) is 1. The maximum atomic E-state index is 13.2. The molecule has 226 valence electrons. The maximum absolute atomic E-state index is 13.2. The number of aromatic nitrogens is 1. The van der Waals surface area contributed by atoms with Crippen LogP contribution in [0.1, 0.15) is 11.1 Å². The smallest absolute Gasteiger partial charge is 0.431 e. The molecule has 0 spiro atoms. The summed E-state index contributed by atoms with van der Waals surface area (Å²) < 4.78 is 87.9. The van der Waals surface area contributed by atoms with Crippen LogP contribution in [0, 0.1) is 0 Å². The highest BCUT2D eigenvalue weighted by Gasteiger charge is 2.33. The van der Waals surface area contributed by atoms with Crippen LogP contribution in [-0.2, 0) is 31.8 Å². The molecule has 1 aromatic heterocycles. The lowest BCUT2D eigenvalue weighted by molar-refractivity contribution is -0.137. The van der Waals surface area contributed by atoms with E-state index in [2.05, 4.69) is 16.3 Å². The fourth-order valence-electron chi connectivity index (χ4n) is 3.48. The van der Waals surface area contributed by atoms with Crippen LogP contribution >= 0.6 is 11.6 Å². The van der Waals surface area contributed by atoms with Crippen molar-refractivity contribution in [1.82, 2.24) is 9.71 Å². The highest BCUT2D eigenvalue weighted by atomic mass is 35.5. The summed E-state index contributed by atoms with van der Waals surface area (Å²) in [5, 5.41) is -0.468. The van der Waals surface area contributed by atoms with Crippen molar-refractivity contribution in [1.29, 1.82) is 0 Å². The first-order valence-corrected chi connectivity index (χ1v) is 14.0. The lowest BCUT2D eigenvalue weighted by atomic mass is 10.2. The van der Waals surface area contributed by atoms with Crippen molar-refractivity contribution >= 4 is 33.7 Å². The molecule has 0 atom stereocenters. The number of alkyl halides is 3. The Morgan fingerprint density at radius 3 is 2.48 bits per heavy atom. The second-order valence-corrected chi connectivity index (χ2v) is 10.2. The minimum Gasteiger partial charge on any atom is -0.489 e. The molecule has 0 aliphatic carbocycles. The van der Waals surface area contributed by atoms with Crippen molar-refractivity contribution < 1.29 is 44.8 Å². The quantitative estimate of drug-likeness (QED) is 0.176. The summed E-state index contributed by atoms with van der Waals surface area (Å²) in [6.45, 7) is 3.43. The van der Waals surface area contributed by atoms with E-state index in [-0.39, 0.29) is 43.5 Å². The zero-order chi connectivity index (χ0) is 30.8. The largest absolute Gasteiger partial charge is 0.489 e. The second kappa shape index (κ2) is 14.9. The van der Waals surface area contributed by atoms with Crippen LogP contribution in [0.15, 0.2) is 73.4 Å². The number of hydrogen-bond acceptors (Lipinski definition) is 8. The predicted octanol–water partition coefficient (Wildman–Crippen LogP) is 5.78. The van der Waals surface area contributed by atoms with Crippen molar-refractivity contribution in [2.24, 2.45) is 0 Å². The van der Waals surface area contributed by atoms with Gasteiger partial charge in [0, 0.05) is 26.4 Å². The van der Waals surface area contributed by atoms with Gasteiger partial charge in [-0.3, -0.25) is 4.90 Å². The lowest BCUT2D eigenvalue weighted by Gasteiger charge is -2.25. The first kappa shape index (κ1) is 32.7. The summed E-state index contributed by atoms with van der Waals surface area (Å²) in [4.78, 5) is 17.7. The van der Waals surface area contributed by atoms with E-state index in [0.29, 0.717) is 18.7 Å². The molecule has 2 aromatic carbocycles. The van der Waals surface area contributed by atoms with Crippen LogP contribution in [0.5, 0.6) is 17.4 Å².